The summed E-state index contributed by atoms with van der Waals surface area (Å²) in [6, 6.07) is 7.46. The van der Waals surface area contributed by atoms with Gasteiger partial charge < -0.3 is 15.3 Å². The van der Waals surface area contributed by atoms with Crippen LogP contribution in [0.25, 0.3) is 0 Å². The average Bonchev–Trinajstić information content (AvgIpc) is 2.49. The Morgan fingerprint density at radius 1 is 1.21 bits per heavy atom. The van der Waals surface area contributed by atoms with E-state index >= 15 is 0 Å². The quantitative estimate of drug-likeness (QED) is 0.592. The maximum absolute atomic E-state index is 12.3. The molecule has 0 heterocycles. The zero-order valence-corrected chi connectivity index (χ0v) is 15.3. The highest BCUT2D eigenvalue weighted by atomic mass is 79.9. The van der Waals surface area contributed by atoms with Crippen LogP contribution in [-0.2, 0) is 20.9 Å². The Morgan fingerprint density at radius 2 is 1.96 bits per heavy atom. The fourth-order valence-corrected chi connectivity index (χ4v) is 2.70. The zero-order valence-electron chi connectivity index (χ0n) is 13.8. The van der Waals surface area contributed by atoms with Gasteiger partial charge >= 0.3 is 5.97 Å². The second-order valence-corrected chi connectivity index (χ2v) is 6.48. The van der Waals surface area contributed by atoms with E-state index in [1.54, 1.807) is 0 Å². The van der Waals surface area contributed by atoms with Crippen molar-refractivity contribution in [2.24, 2.45) is 0 Å². The fourth-order valence-electron chi connectivity index (χ4n) is 2.25. The Balaban J connectivity index is 2.47. The summed E-state index contributed by atoms with van der Waals surface area (Å²) in [5.74, 6) is -1.26. The van der Waals surface area contributed by atoms with Gasteiger partial charge in [-0.1, -0.05) is 34.5 Å². The lowest BCUT2D eigenvalue weighted by atomic mass is 10.1. The molecule has 0 unspecified atom stereocenters. The number of unbranched alkanes of at least 4 members (excludes halogenated alkanes) is 2. The maximum Gasteiger partial charge on any atom is 0.323 e. The molecule has 0 aromatic heterocycles. The lowest BCUT2D eigenvalue weighted by Gasteiger charge is -2.21. The molecule has 0 aliphatic carbocycles. The standard InChI is InChI=1S/C17H23BrN2O4/c1-13(21)19-9-4-2-3-8-16(22)20(12-17(23)24)11-14-6-5-7-15(18)10-14/h5-7,10H,2-4,8-9,11-12H2,1H3,(H,19,21)(H,23,24). The first-order valence-corrected chi connectivity index (χ1v) is 8.66. The molecule has 0 radical (unpaired) electrons. The predicted molar refractivity (Wildman–Crippen MR) is 94.3 cm³/mol. The lowest BCUT2D eigenvalue weighted by molar-refractivity contribution is -0.145. The van der Waals surface area contributed by atoms with Crippen LogP contribution < -0.4 is 5.32 Å². The number of benzene rings is 1. The van der Waals surface area contributed by atoms with Crippen LogP contribution in [0.4, 0.5) is 0 Å². The molecule has 0 fully saturated rings. The molecule has 24 heavy (non-hydrogen) atoms. The summed E-state index contributed by atoms with van der Waals surface area (Å²) in [5.41, 5.74) is 0.879. The summed E-state index contributed by atoms with van der Waals surface area (Å²) >= 11 is 3.37. The van der Waals surface area contributed by atoms with Crippen molar-refractivity contribution in [3.63, 3.8) is 0 Å². The summed E-state index contributed by atoms with van der Waals surface area (Å²) in [7, 11) is 0. The molecular formula is C17H23BrN2O4. The molecule has 0 saturated heterocycles. The summed E-state index contributed by atoms with van der Waals surface area (Å²) in [6.45, 7) is 2.03. The molecule has 0 spiro atoms. The van der Waals surface area contributed by atoms with Gasteiger partial charge in [-0.2, -0.15) is 0 Å². The topological polar surface area (TPSA) is 86.7 Å². The Bertz CT molecular complexity index is 577. The number of hydrogen-bond donors (Lipinski definition) is 2. The Kier molecular flexibility index (Phi) is 9.07. The fraction of sp³-hybridized carbons (Fsp3) is 0.471. The number of rotatable bonds is 10. The minimum atomic E-state index is -1.02. The third-order valence-corrected chi connectivity index (χ3v) is 3.88. The molecule has 0 aliphatic rings. The minimum absolute atomic E-state index is 0.0623. The SMILES string of the molecule is CC(=O)NCCCCCC(=O)N(CC(=O)O)Cc1cccc(Br)c1. The highest BCUT2D eigenvalue weighted by molar-refractivity contribution is 9.10. The molecule has 0 atom stereocenters. The van der Waals surface area contributed by atoms with Gasteiger partial charge in [-0.15, -0.1) is 0 Å². The average molecular weight is 399 g/mol. The molecule has 2 amide bonds. The van der Waals surface area contributed by atoms with Gasteiger partial charge in [0.15, 0.2) is 0 Å². The van der Waals surface area contributed by atoms with Crippen LogP contribution in [0, 0.1) is 0 Å². The number of carboxylic acid groups (broad SMARTS) is 1. The molecule has 132 valence electrons. The summed E-state index contributed by atoms with van der Waals surface area (Å²) in [4.78, 5) is 35.4. The lowest BCUT2D eigenvalue weighted by Crippen LogP contribution is -2.35. The van der Waals surface area contributed by atoms with E-state index in [4.69, 9.17) is 5.11 Å². The van der Waals surface area contributed by atoms with Gasteiger partial charge in [-0.25, -0.2) is 0 Å². The van der Waals surface area contributed by atoms with Crippen LogP contribution >= 0.6 is 15.9 Å². The van der Waals surface area contributed by atoms with E-state index in [2.05, 4.69) is 21.2 Å². The molecular weight excluding hydrogens is 376 g/mol. The van der Waals surface area contributed by atoms with Crippen molar-refractivity contribution in [3.8, 4) is 0 Å². The maximum atomic E-state index is 12.3. The van der Waals surface area contributed by atoms with Crippen molar-refractivity contribution >= 4 is 33.7 Å². The van der Waals surface area contributed by atoms with Gasteiger partial charge in [0.2, 0.25) is 11.8 Å². The highest BCUT2D eigenvalue weighted by Gasteiger charge is 2.16. The smallest absolute Gasteiger partial charge is 0.323 e. The zero-order chi connectivity index (χ0) is 17.9. The van der Waals surface area contributed by atoms with E-state index in [0.29, 0.717) is 19.4 Å². The van der Waals surface area contributed by atoms with Crippen molar-refractivity contribution in [2.75, 3.05) is 13.1 Å². The van der Waals surface area contributed by atoms with Crippen LogP contribution in [0.3, 0.4) is 0 Å². The van der Waals surface area contributed by atoms with Crippen molar-refractivity contribution < 1.29 is 19.5 Å². The first-order chi connectivity index (χ1) is 11.4. The number of nitrogens with one attached hydrogen (secondary N) is 1. The first kappa shape index (κ1) is 20.2. The summed E-state index contributed by atoms with van der Waals surface area (Å²) in [5, 5.41) is 11.7. The third-order valence-electron chi connectivity index (χ3n) is 3.38. The molecule has 1 aromatic carbocycles. The predicted octanol–water partition coefficient (Wildman–Crippen LogP) is 2.56. The van der Waals surface area contributed by atoms with Crippen molar-refractivity contribution in [1.29, 1.82) is 0 Å². The van der Waals surface area contributed by atoms with Crippen LogP contribution in [0.15, 0.2) is 28.7 Å². The number of halogens is 1. The second kappa shape index (κ2) is 10.8. The number of hydrogen-bond acceptors (Lipinski definition) is 3. The van der Waals surface area contributed by atoms with Gasteiger partial charge in [-0.05, 0) is 30.5 Å². The Morgan fingerprint density at radius 3 is 2.58 bits per heavy atom. The first-order valence-electron chi connectivity index (χ1n) is 7.87. The van der Waals surface area contributed by atoms with Crippen LogP contribution in [-0.4, -0.2) is 40.9 Å². The number of carboxylic acids is 1. The number of amides is 2. The van der Waals surface area contributed by atoms with E-state index in [9.17, 15) is 14.4 Å². The monoisotopic (exact) mass is 398 g/mol. The number of aliphatic carboxylic acids is 1. The van der Waals surface area contributed by atoms with E-state index in [1.807, 2.05) is 24.3 Å². The Hall–Kier alpha value is -1.89. The number of carbonyl (C=O) groups is 3. The summed E-state index contributed by atoms with van der Waals surface area (Å²) in [6.07, 6.45) is 2.59. The van der Waals surface area contributed by atoms with Gasteiger partial charge in [0.05, 0.1) is 0 Å². The van der Waals surface area contributed by atoms with Gasteiger partial charge in [0, 0.05) is 30.9 Å². The number of carbonyl (C=O) groups excluding carboxylic acids is 2. The second-order valence-electron chi connectivity index (χ2n) is 5.57. The molecule has 2 N–H and O–H groups in total. The van der Waals surface area contributed by atoms with Gasteiger partial charge in [0.25, 0.3) is 0 Å². The summed E-state index contributed by atoms with van der Waals surface area (Å²) < 4.78 is 0.890. The molecule has 0 saturated carbocycles. The van der Waals surface area contributed by atoms with E-state index < -0.39 is 5.97 Å². The molecule has 7 heteroatoms. The van der Waals surface area contributed by atoms with Crippen molar-refractivity contribution in [3.05, 3.63) is 34.3 Å². The van der Waals surface area contributed by atoms with Gasteiger partial charge in [-0.3, -0.25) is 14.4 Å². The van der Waals surface area contributed by atoms with Crippen LogP contribution in [0.1, 0.15) is 38.2 Å². The highest BCUT2D eigenvalue weighted by Crippen LogP contribution is 2.14. The number of nitrogens with zero attached hydrogens (tertiary/aromatic N) is 1. The molecule has 0 aliphatic heterocycles. The molecule has 0 bridgehead atoms. The molecule has 1 aromatic rings. The molecule has 1 rings (SSSR count). The van der Waals surface area contributed by atoms with Crippen molar-refractivity contribution in [2.45, 2.75) is 39.2 Å². The van der Waals surface area contributed by atoms with E-state index in [0.717, 1.165) is 22.9 Å². The largest absolute Gasteiger partial charge is 0.480 e. The molecule has 6 nitrogen and oxygen atoms in total. The Labute approximate surface area is 150 Å². The normalized spacial score (nSPS) is 10.2. The van der Waals surface area contributed by atoms with E-state index in [1.165, 1.54) is 11.8 Å². The van der Waals surface area contributed by atoms with Crippen LogP contribution in [0.5, 0.6) is 0 Å². The van der Waals surface area contributed by atoms with Crippen molar-refractivity contribution in [1.82, 2.24) is 10.2 Å². The van der Waals surface area contributed by atoms with Crippen LogP contribution in [0.2, 0.25) is 0 Å². The minimum Gasteiger partial charge on any atom is -0.480 e. The van der Waals surface area contributed by atoms with Gasteiger partial charge in [0.1, 0.15) is 6.54 Å². The van der Waals surface area contributed by atoms with E-state index in [-0.39, 0.29) is 24.9 Å². The third kappa shape index (κ3) is 8.67.